The fourth-order valence-electron chi connectivity index (χ4n) is 3.91. The first-order chi connectivity index (χ1) is 13.5. The maximum Gasteiger partial charge on any atom is 0.253 e. The lowest BCUT2D eigenvalue weighted by Crippen LogP contribution is -2.52. The zero-order valence-corrected chi connectivity index (χ0v) is 16.1. The molecule has 2 aromatic rings. The van der Waals surface area contributed by atoms with E-state index in [0.717, 1.165) is 5.75 Å². The first-order valence-electron chi connectivity index (χ1n) is 9.37. The summed E-state index contributed by atoms with van der Waals surface area (Å²) in [5.74, 6) is 2.02. The minimum atomic E-state index is -0.532. The van der Waals surface area contributed by atoms with Crippen molar-refractivity contribution < 1.29 is 23.8 Å². The van der Waals surface area contributed by atoms with Crippen LogP contribution in [-0.2, 0) is 0 Å². The maximum absolute atomic E-state index is 12.8. The minimum absolute atomic E-state index is 0.00947. The van der Waals surface area contributed by atoms with Gasteiger partial charge in [0.25, 0.3) is 5.91 Å². The van der Waals surface area contributed by atoms with Gasteiger partial charge in [-0.2, -0.15) is 0 Å². The molecule has 0 unspecified atom stereocenters. The highest BCUT2D eigenvalue weighted by molar-refractivity contribution is 6.01. The highest BCUT2D eigenvalue weighted by atomic mass is 16.5. The quantitative estimate of drug-likeness (QED) is 0.816. The maximum atomic E-state index is 12.8. The second-order valence-corrected chi connectivity index (χ2v) is 7.27. The van der Waals surface area contributed by atoms with Crippen molar-refractivity contribution in [3.63, 3.8) is 0 Å². The molecular formula is C22H23NO5. The number of piperidine rings is 1. The molecule has 0 radical (unpaired) electrons. The minimum Gasteiger partial charge on any atom is -0.497 e. The van der Waals surface area contributed by atoms with Crippen LogP contribution < -0.4 is 14.2 Å². The van der Waals surface area contributed by atoms with Gasteiger partial charge in [0.05, 0.1) is 26.2 Å². The number of likely N-dealkylation sites (tertiary alicyclic amines) is 1. The Morgan fingerprint density at radius 1 is 1.00 bits per heavy atom. The molecule has 0 atom stereocenters. The van der Waals surface area contributed by atoms with Crippen LogP contribution in [0.4, 0.5) is 0 Å². The molecule has 0 saturated carbocycles. The van der Waals surface area contributed by atoms with Gasteiger partial charge in [-0.15, -0.1) is 0 Å². The fourth-order valence-corrected chi connectivity index (χ4v) is 3.91. The number of fused-ring (bicyclic) bond motifs is 1. The van der Waals surface area contributed by atoms with Gasteiger partial charge in [0.1, 0.15) is 22.8 Å². The summed E-state index contributed by atoms with van der Waals surface area (Å²) < 4.78 is 16.6. The Morgan fingerprint density at radius 2 is 1.64 bits per heavy atom. The van der Waals surface area contributed by atoms with Crippen LogP contribution in [0.3, 0.4) is 0 Å². The third kappa shape index (κ3) is 3.30. The van der Waals surface area contributed by atoms with Gasteiger partial charge < -0.3 is 19.1 Å². The average Bonchev–Trinajstić information content (AvgIpc) is 2.73. The van der Waals surface area contributed by atoms with Crippen LogP contribution in [0.5, 0.6) is 17.2 Å². The third-order valence-corrected chi connectivity index (χ3v) is 5.60. The molecule has 2 heterocycles. The first kappa shape index (κ1) is 18.3. The standard InChI is InChI=1S/C22H23NO5/c1-26-16-5-3-15(4-6-16)21(25)23-11-9-22(10-12-23)14-19(24)18-13-17(27-2)7-8-20(18)28-22/h3-8,13H,9-12,14H2,1-2H3. The second-order valence-electron chi connectivity index (χ2n) is 7.27. The van der Waals surface area contributed by atoms with Gasteiger partial charge in [0.2, 0.25) is 0 Å². The van der Waals surface area contributed by atoms with Crippen molar-refractivity contribution in [2.75, 3.05) is 27.3 Å². The van der Waals surface area contributed by atoms with Crippen LogP contribution in [0.15, 0.2) is 42.5 Å². The number of Topliss-reactive ketones (excluding diaryl/α,β-unsaturated/α-hetero) is 1. The molecule has 2 aromatic carbocycles. The Kier molecular flexibility index (Phi) is 4.71. The van der Waals surface area contributed by atoms with E-state index in [-0.39, 0.29) is 11.7 Å². The van der Waals surface area contributed by atoms with E-state index in [1.807, 2.05) is 4.90 Å². The number of benzene rings is 2. The molecule has 0 bridgehead atoms. The smallest absolute Gasteiger partial charge is 0.253 e. The van der Waals surface area contributed by atoms with Gasteiger partial charge in [-0.05, 0) is 42.5 Å². The monoisotopic (exact) mass is 381 g/mol. The average molecular weight is 381 g/mol. The largest absolute Gasteiger partial charge is 0.497 e. The molecule has 4 rings (SSSR count). The van der Waals surface area contributed by atoms with Crippen molar-refractivity contribution in [1.82, 2.24) is 4.90 Å². The summed E-state index contributed by atoms with van der Waals surface area (Å²) in [6.07, 6.45) is 1.59. The Hall–Kier alpha value is -3.02. The topological polar surface area (TPSA) is 65.1 Å². The van der Waals surface area contributed by atoms with E-state index in [9.17, 15) is 9.59 Å². The molecule has 28 heavy (non-hydrogen) atoms. The van der Waals surface area contributed by atoms with E-state index >= 15 is 0 Å². The molecule has 0 aromatic heterocycles. The van der Waals surface area contributed by atoms with Crippen LogP contribution in [0, 0.1) is 0 Å². The number of hydrogen-bond acceptors (Lipinski definition) is 5. The fraction of sp³-hybridized carbons (Fsp3) is 0.364. The molecule has 0 N–H and O–H groups in total. The van der Waals surface area contributed by atoms with E-state index in [1.54, 1.807) is 56.7 Å². The predicted octanol–water partition coefficient (Wildman–Crippen LogP) is 3.34. The van der Waals surface area contributed by atoms with E-state index in [0.29, 0.717) is 55.0 Å². The van der Waals surface area contributed by atoms with Crippen LogP contribution in [0.25, 0.3) is 0 Å². The van der Waals surface area contributed by atoms with Gasteiger partial charge >= 0.3 is 0 Å². The van der Waals surface area contributed by atoms with E-state index in [4.69, 9.17) is 14.2 Å². The van der Waals surface area contributed by atoms with Gasteiger partial charge in [0, 0.05) is 31.5 Å². The number of carbonyl (C=O) groups excluding carboxylic acids is 2. The second kappa shape index (κ2) is 7.19. The molecule has 6 nitrogen and oxygen atoms in total. The Balaban J connectivity index is 1.45. The van der Waals surface area contributed by atoms with E-state index < -0.39 is 5.60 Å². The molecule has 1 amide bonds. The molecule has 1 spiro atoms. The van der Waals surface area contributed by atoms with Crippen LogP contribution in [-0.4, -0.2) is 49.5 Å². The summed E-state index contributed by atoms with van der Waals surface area (Å²) in [6.45, 7) is 1.12. The Bertz CT molecular complexity index is 898. The van der Waals surface area contributed by atoms with Crippen molar-refractivity contribution in [3.8, 4) is 17.2 Å². The molecule has 1 saturated heterocycles. The zero-order valence-electron chi connectivity index (χ0n) is 16.1. The van der Waals surface area contributed by atoms with Gasteiger partial charge in [-0.3, -0.25) is 9.59 Å². The first-order valence-corrected chi connectivity index (χ1v) is 9.37. The summed E-state index contributed by atoms with van der Waals surface area (Å²) in [4.78, 5) is 27.3. The SMILES string of the molecule is COc1ccc(C(=O)N2CCC3(CC2)CC(=O)c2cc(OC)ccc2O3)cc1. The number of ketones is 1. The lowest BCUT2D eigenvalue weighted by molar-refractivity contribution is -0.00576. The normalized spacial score (nSPS) is 17.6. The molecule has 2 aliphatic rings. The van der Waals surface area contributed by atoms with E-state index in [1.165, 1.54) is 0 Å². The van der Waals surface area contributed by atoms with Crippen molar-refractivity contribution in [3.05, 3.63) is 53.6 Å². The van der Waals surface area contributed by atoms with Gasteiger partial charge in [-0.25, -0.2) is 0 Å². The summed E-state index contributed by atoms with van der Waals surface area (Å²) in [6, 6.07) is 12.4. The molecular weight excluding hydrogens is 358 g/mol. The van der Waals surface area contributed by atoms with Crippen molar-refractivity contribution in [2.24, 2.45) is 0 Å². The number of nitrogens with zero attached hydrogens (tertiary/aromatic N) is 1. The summed E-state index contributed by atoms with van der Waals surface area (Å²) in [7, 11) is 3.17. The van der Waals surface area contributed by atoms with Gasteiger partial charge in [0.15, 0.2) is 5.78 Å². The summed E-state index contributed by atoms with van der Waals surface area (Å²) >= 11 is 0. The van der Waals surface area contributed by atoms with Gasteiger partial charge in [-0.1, -0.05) is 0 Å². The number of methoxy groups -OCH3 is 2. The van der Waals surface area contributed by atoms with Crippen LogP contribution in [0.2, 0.25) is 0 Å². The number of hydrogen-bond donors (Lipinski definition) is 0. The van der Waals surface area contributed by atoms with Crippen molar-refractivity contribution in [1.29, 1.82) is 0 Å². The highest BCUT2D eigenvalue weighted by Crippen LogP contribution is 2.40. The predicted molar refractivity (Wildman–Crippen MR) is 103 cm³/mol. The molecule has 1 fully saturated rings. The van der Waals surface area contributed by atoms with Crippen molar-refractivity contribution in [2.45, 2.75) is 24.9 Å². The Labute approximate surface area is 164 Å². The molecule has 6 heteroatoms. The lowest BCUT2D eigenvalue weighted by atomic mass is 9.82. The van der Waals surface area contributed by atoms with Crippen molar-refractivity contribution >= 4 is 11.7 Å². The Morgan fingerprint density at radius 3 is 2.29 bits per heavy atom. The molecule has 146 valence electrons. The summed E-state index contributed by atoms with van der Waals surface area (Å²) in [5.41, 5.74) is 0.673. The number of carbonyl (C=O) groups is 2. The number of amides is 1. The third-order valence-electron chi connectivity index (χ3n) is 5.60. The van der Waals surface area contributed by atoms with Crippen LogP contribution in [0.1, 0.15) is 40.0 Å². The highest BCUT2D eigenvalue weighted by Gasteiger charge is 2.43. The van der Waals surface area contributed by atoms with E-state index in [2.05, 4.69) is 0 Å². The molecule has 2 aliphatic heterocycles. The van der Waals surface area contributed by atoms with Crippen LogP contribution >= 0.6 is 0 Å². The number of ether oxygens (including phenoxy) is 3. The zero-order chi connectivity index (χ0) is 19.7. The lowest BCUT2D eigenvalue weighted by Gasteiger charge is -2.44. The summed E-state index contributed by atoms with van der Waals surface area (Å²) in [5, 5.41) is 0. The number of rotatable bonds is 3. The molecule has 0 aliphatic carbocycles.